The van der Waals surface area contributed by atoms with Gasteiger partial charge in [-0.3, -0.25) is 0 Å². The lowest BCUT2D eigenvalue weighted by Gasteiger charge is -2.20. The van der Waals surface area contributed by atoms with E-state index < -0.39 is 0 Å². The van der Waals surface area contributed by atoms with Crippen LogP contribution in [0.3, 0.4) is 0 Å². The molecule has 17 heavy (non-hydrogen) atoms. The predicted molar refractivity (Wildman–Crippen MR) is 71.8 cm³/mol. The van der Waals surface area contributed by atoms with E-state index in [1.165, 1.54) is 4.88 Å². The maximum absolute atomic E-state index is 9.07. The number of aliphatic hydroxyl groups excluding tert-OH is 1. The molecule has 0 aliphatic carbocycles. The molecule has 0 aliphatic rings. The standard InChI is InChI=1S/C12H17N3OS/c1-3-9-7-10-11(15(4-2)5-6-16)13-8-14-12(10)17-9/h7-8,16H,3-6H2,1-2H3. The average molecular weight is 251 g/mol. The van der Waals surface area contributed by atoms with Gasteiger partial charge in [-0.25, -0.2) is 9.97 Å². The Morgan fingerprint density at radius 1 is 1.35 bits per heavy atom. The van der Waals surface area contributed by atoms with Crippen LogP contribution in [0.1, 0.15) is 18.7 Å². The Labute approximate surface area is 105 Å². The second-order valence-corrected chi connectivity index (χ2v) is 4.90. The fourth-order valence-corrected chi connectivity index (χ4v) is 2.78. The molecule has 0 aromatic carbocycles. The largest absolute Gasteiger partial charge is 0.395 e. The SMILES string of the molecule is CCc1cc2c(N(CC)CCO)ncnc2s1. The van der Waals surface area contributed by atoms with Crippen molar-refractivity contribution in [1.82, 2.24) is 9.97 Å². The lowest BCUT2D eigenvalue weighted by Crippen LogP contribution is -2.27. The molecule has 0 aliphatic heterocycles. The van der Waals surface area contributed by atoms with Crippen molar-refractivity contribution in [1.29, 1.82) is 0 Å². The maximum atomic E-state index is 9.07. The lowest BCUT2D eigenvalue weighted by atomic mass is 10.3. The molecule has 0 atom stereocenters. The number of hydrogen-bond acceptors (Lipinski definition) is 5. The van der Waals surface area contributed by atoms with E-state index in [1.807, 2.05) is 0 Å². The van der Waals surface area contributed by atoms with Crippen molar-refractivity contribution in [3.63, 3.8) is 0 Å². The molecule has 92 valence electrons. The molecule has 2 aromatic heterocycles. The highest BCUT2D eigenvalue weighted by Crippen LogP contribution is 2.30. The first kappa shape index (κ1) is 12.3. The monoisotopic (exact) mass is 251 g/mol. The maximum Gasteiger partial charge on any atom is 0.140 e. The summed E-state index contributed by atoms with van der Waals surface area (Å²) in [5.41, 5.74) is 0. The van der Waals surface area contributed by atoms with Gasteiger partial charge in [0.1, 0.15) is 17.0 Å². The molecule has 0 spiro atoms. The van der Waals surface area contributed by atoms with E-state index in [1.54, 1.807) is 17.7 Å². The summed E-state index contributed by atoms with van der Waals surface area (Å²) in [4.78, 5) is 13.1. The number of anilines is 1. The summed E-state index contributed by atoms with van der Waals surface area (Å²) in [6.45, 7) is 5.80. The first-order valence-electron chi connectivity index (χ1n) is 5.89. The van der Waals surface area contributed by atoms with E-state index in [2.05, 4.69) is 34.8 Å². The van der Waals surface area contributed by atoms with Crippen LogP contribution in [0.4, 0.5) is 5.82 Å². The molecule has 0 unspecified atom stereocenters. The predicted octanol–water partition coefficient (Wildman–Crippen LogP) is 2.07. The Morgan fingerprint density at radius 2 is 2.18 bits per heavy atom. The molecule has 0 bridgehead atoms. The van der Waals surface area contributed by atoms with Gasteiger partial charge in [0.25, 0.3) is 0 Å². The first-order chi connectivity index (χ1) is 8.30. The minimum absolute atomic E-state index is 0.143. The van der Waals surface area contributed by atoms with Crippen LogP contribution in [0.25, 0.3) is 10.2 Å². The quantitative estimate of drug-likeness (QED) is 0.884. The number of rotatable bonds is 5. The molecular formula is C12H17N3OS. The molecule has 5 heteroatoms. The minimum atomic E-state index is 0.143. The van der Waals surface area contributed by atoms with Crippen LogP contribution < -0.4 is 4.90 Å². The van der Waals surface area contributed by atoms with Gasteiger partial charge in [0.2, 0.25) is 0 Å². The van der Waals surface area contributed by atoms with E-state index in [9.17, 15) is 0 Å². The molecule has 0 amide bonds. The summed E-state index contributed by atoms with van der Waals surface area (Å²) in [5, 5.41) is 10.2. The summed E-state index contributed by atoms with van der Waals surface area (Å²) in [5.74, 6) is 0.933. The molecular weight excluding hydrogens is 234 g/mol. The summed E-state index contributed by atoms with van der Waals surface area (Å²) >= 11 is 1.72. The third-order valence-electron chi connectivity index (χ3n) is 2.76. The van der Waals surface area contributed by atoms with Gasteiger partial charge in [0.05, 0.1) is 12.0 Å². The van der Waals surface area contributed by atoms with Crippen LogP contribution >= 0.6 is 11.3 Å². The van der Waals surface area contributed by atoms with Gasteiger partial charge in [0, 0.05) is 18.0 Å². The third kappa shape index (κ3) is 2.40. The van der Waals surface area contributed by atoms with Crippen molar-refractivity contribution in [3.05, 3.63) is 17.3 Å². The zero-order valence-electron chi connectivity index (χ0n) is 10.2. The van der Waals surface area contributed by atoms with Crippen molar-refractivity contribution in [2.45, 2.75) is 20.3 Å². The number of aliphatic hydroxyl groups is 1. The Balaban J connectivity index is 2.48. The van der Waals surface area contributed by atoms with E-state index in [-0.39, 0.29) is 6.61 Å². The van der Waals surface area contributed by atoms with Crippen LogP contribution in [0.5, 0.6) is 0 Å². The Hall–Kier alpha value is -1.20. The van der Waals surface area contributed by atoms with Crippen molar-refractivity contribution in [2.24, 2.45) is 0 Å². The van der Waals surface area contributed by atoms with Crippen LogP contribution in [-0.2, 0) is 6.42 Å². The topological polar surface area (TPSA) is 49.2 Å². The summed E-state index contributed by atoms with van der Waals surface area (Å²) in [6.07, 6.45) is 2.63. The van der Waals surface area contributed by atoms with Crippen molar-refractivity contribution in [2.75, 3.05) is 24.6 Å². The highest BCUT2D eigenvalue weighted by molar-refractivity contribution is 7.18. The van der Waals surface area contributed by atoms with Crippen LogP contribution in [-0.4, -0.2) is 34.8 Å². The molecule has 0 fully saturated rings. The molecule has 2 rings (SSSR count). The fourth-order valence-electron chi connectivity index (χ4n) is 1.85. The van der Waals surface area contributed by atoms with Gasteiger partial charge in [0.15, 0.2) is 0 Å². The highest BCUT2D eigenvalue weighted by Gasteiger charge is 2.12. The number of aryl methyl sites for hydroxylation is 1. The summed E-state index contributed by atoms with van der Waals surface area (Å²) in [6, 6.07) is 2.16. The van der Waals surface area contributed by atoms with Gasteiger partial charge < -0.3 is 10.0 Å². The molecule has 0 radical (unpaired) electrons. The third-order valence-corrected chi connectivity index (χ3v) is 3.95. The number of hydrogen-bond donors (Lipinski definition) is 1. The second-order valence-electron chi connectivity index (χ2n) is 3.79. The zero-order valence-corrected chi connectivity index (χ0v) is 11.0. The second kappa shape index (κ2) is 5.42. The number of fused-ring (bicyclic) bond motifs is 1. The van der Waals surface area contributed by atoms with Gasteiger partial charge >= 0.3 is 0 Å². The summed E-state index contributed by atoms with van der Waals surface area (Å²) in [7, 11) is 0. The molecule has 2 aromatic rings. The average Bonchev–Trinajstić information content (AvgIpc) is 2.78. The van der Waals surface area contributed by atoms with E-state index >= 15 is 0 Å². The molecule has 2 heterocycles. The Morgan fingerprint density at radius 3 is 2.82 bits per heavy atom. The summed E-state index contributed by atoms with van der Waals surface area (Å²) < 4.78 is 0. The number of likely N-dealkylation sites (N-methyl/N-ethyl adjacent to an activating group) is 1. The first-order valence-corrected chi connectivity index (χ1v) is 6.71. The fraction of sp³-hybridized carbons (Fsp3) is 0.500. The number of nitrogens with zero attached hydrogens (tertiary/aromatic N) is 3. The Bertz CT molecular complexity index is 497. The number of aromatic nitrogens is 2. The minimum Gasteiger partial charge on any atom is -0.395 e. The highest BCUT2D eigenvalue weighted by atomic mass is 32.1. The van der Waals surface area contributed by atoms with Gasteiger partial charge in [-0.1, -0.05) is 6.92 Å². The van der Waals surface area contributed by atoms with Gasteiger partial charge in [-0.15, -0.1) is 11.3 Å². The van der Waals surface area contributed by atoms with Crippen molar-refractivity contribution in [3.8, 4) is 0 Å². The zero-order chi connectivity index (χ0) is 12.3. The molecule has 1 N–H and O–H groups in total. The van der Waals surface area contributed by atoms with E-state index in [0.717, 1.165) is 29.0 Å². The Kier molecular flexibility index (Phi) is 3.91. The molecule has 0 saturated carbocycles. The van der Waals surface area contributed by atoms with E-state index in [4.69, 9.17) is 5.11 Å². The van der Waals surface area contributed by atoms with Crippen molar-refractivity contribution < 1.29 is 5.11 Å². The smallest absolute Gasteiger partial charge is 0.140 e. The normalized spacial score (nSPS) is 11.0. The lowest BCUT2D eigenvalue weighted by molar-refractivity contribution is 0.302. The van der Waals surface area contributed by atoms with E-state index in [0.29, 0.717) is 6.54 Å². The van der Waals surface area contributed by atoms with Crippen LogP contribution in [0.15, 0.2) is 12.4 Å². The van der Waals surface area contributed by atoms with Crippen LogP contribution in [0.2, 0.25) is 0 Å². The molecule has 0 saturated heterocycles. The molecule has 4 nitrogen and oxygen atoms in total. The number of thiophene rings is 1. The van der Waals surface area contributed by atoms with Crippen LogP contribution in [0, 0.1) is 0 Å². The van der Waals surface area contributed by atoms with Crippen molar-refractivity contribution >= 4 is 27.4 Å². The van der Waals surface area contributed by atoms with Gasteiger partial charge in [-0.05, 0) is 19.4 Å². The van der Waals surface area contributed by atoms with Gasteiger partial charge in [-0.2, -0.15) is 0 Å².